The maximum Gasteiger partial charge on any atom is 0.259 e. The highest BCUT2D eigenvalue weighted by atomic mass is 16.6. The van der Waals surface area contributed by atoms with Gasteiger partial charge in [0, 0.05) is 0 Å². The second kappa shape index (κ2) is 6.48. The highest BCUT2D eigenvalue weighted by molar-refractivity contribution is 6.08. The summed E-state index contributed by atoms with van der Waals surface area (Å²) in [6.45, 7) is 0.148. The van der Waals surface area contributed by atoms with Crippen molar-refractivity contribution in [1.29, 1.82) is 0 Å². The molecular formula is C18H13N3O4. The van der Waals surface area contributed by atoms with Gasteiger partial charge in [-0.15, -0.1) is 0 Å². The zero-order valence-corrected chi connectivity index (χ0v) is 13.0. The minimum Gasteiger partial charge on any atom is -0.486 e. The van der Waals surface area contributed by atoms with E-state index < -0.39 is 0 Å². The number of nitrogens with one attached hydrogen (secondary N) is 1. The van der Waals surface area contributed by atoms with Crippen molar-refractivity contribution >= 4 is 22.6 Å². The second-order valence-electron chi connectivity index (χ2n) is 5.25. The van der Waals surface area contributed by atoms with Crippen molar-refractivity contribution in [2.45, 2.75) is 6.61 Å². The molecule has 124 valence electrons. The molecular weight excluding hydrogens is 322 g/mol. The van der Waals surface area contributed by atoms with Crippen LogP contribution in [-0.4, -0.2) is 16.2 Å². The van der Waals surface area contributed by atoms with Crippen LogP contribution in [-0.2, 0) is 6.61 Å². The Morgan fingerprint density at radius 2 is 1.92 bits per heavy atom. The van der Waals surface area contributed by atoms with E-state index in [2.05, 4.69) is 15.6 Å². The number of benzene rings is 2. The Kier molecular flexibility index (Phi) is 3.88. The Balaban J connectivity index is 1.51. The van der Waals surface area contributed by atoms with Crippen LogP contribution >= 0.6 is 0 Å². The van der Waals surface area contributed by atoms with Gasteiger partial charge >= 0.3 is 0 Å². The molecule has 2 heterocycles. The van der Waals surface area contributed by atoms with Crippen LogP contribution in [0.3, 0.4) is 0 Å². The van der Waals surface area contributed by atoms with Crippen LogP contribution in [0, 0.1) is 0 Å². The molecule has 0 bridgehead atoms. The molecule has 1 amide bonds. The number of anilines is 1. The lowest BCUT2D eigenvalue weighted by Crippen LogP contribution is -2.14. The lowest BCUT2D eigenvalue weighted by atomic mass is 10.2. The third kappa shape index (κ3) is 3.07. The van der Waals surface area contributed by atoms with Crippen LogP contribution in [0.1, 0.15) is 16.1 Å². The number of nitrogens with zero attached hydrogens (tertiary/aromatic N) is 2. The van der Waals surface area contributed by atoms with E-state index in [0.717, 1.165) is 0 Å². The van der Waals surface area contributed by atoms with E-state index in [1.54, 1.807) is 24.3 Å². The molecule has 2 aromatic carbocycles. The molecule has 7 heteroatoms. The highest BCUT2D eigenvalue weighted by Crippen LogP contribution is 2.22. The summed E-state index contributed by atoms with van der Waals surface area (Å²) >= 11 is 0. The summed E-state index contributed by atoms with van der Waals surface area (Å²) in [7, 11) is 0. The third-order valence-electron chi connectivity index (χ3n) is 3.64. The van der Waals surface area contributed by atoms with Gasteiger partial charge in [0.25, 0.3) is 5.91 Å². The number of rotatable bonds is 5. The van der Waals surface area contributed by atoms with E-state index >= 15 is 0 Å². The summed E-state index contributed by atoms with van der Waals surface area (Å²) in [4.78, 5) is 12.6. The molecule has 0 spiro atoms. The Labute approximate surface area is 142 Å². The van der Waals surface area contributed by atoms with E-state index in [9.17, 15) is 4.79 Å². The van der Waals surface area contributed by atoms with Crippen molar-refractivity contribution in [1.82, 2.24) is 10.3 Å². The number of carbonyl (C=O) groups excluding carboxylic acids is 1. The van der Waals surface area contributed by atoms with Gasteiger partial charge in [0.1, 0.15) is 17.9 Å². The fraction of sp³-hybridized carbons (Fsp3) is 0.0556. The molecule has 0 saturated carbocycles. The molecule has 4 aromatic rings. The first kappa shape index (κ1) is 14.9. The number of furan rings is 1. The molecule has 0 fully saturated rings. The van der Waals surface area contributed by atoms with E-state index in [4.69, 9.17) is 13.8 Å². The van der Waals surface area contributed by atoms with Gasteiger partial charge in [-0.3, -0.25) is 4.79 Å². The molecule has 0 unspecified atom stereocenters. The maximum absolute atomic E-state index is 12.6. The molecule has 0 radical (unpaired) electrons. The predicted octanol–water partition coefficient (Wildman–Crippen LogP) is 3.65. The summed E-state index contributed by atoms with van der Waals surface area (Å²) < 4.78 is 15.7. The maximum atomic E-state index is 12.6. The van der Waals surface area contributed by atoms with Gasteiger partial charge in [-0.25, -0.2) is 4.63 Å². The van der Waals surface area contributed by atoms with Gasteiger partial charge in [0.05, 0.1) is 17.5 Å². The van der Waals surface area contributed by atoms with Crippen LogP contribution in [0.25, 0.3) is 11.0 Å². The first-order chi connectivity index (χ1) is 12.3. The molecule has 0 saturated heterocycles. The van der Waals surface area contributed by atoms with E-state index in [0.29, 0.717) is 33.8 Å². The topological polar surface area (TPSA) is 90.4 Å². The van der Waals surface area contributed by atoms with Crippen LogP contribution < -0.4 is 10.1 Å². The van der Waals surface area contributed by atoms with Gasteiger partial charge in [-0.1, -0.05) is 24.3 Å². The predicted molar refractivity (Wildman–Crippen MR) is 89.2 cm³/mol. The first-order valence-corrected chi connectivity index (χ1v) is 7.58. The number of para-hydroxylation sites is 1. The van der Waals surface area contributed by atoms with Crippen LogP contribution in [0.15, 0.2) is 69.9 Å². The van der Waals surface area contributed by atoms with Crippen molar-refractivity contribution in [2.24, 2.45) is 0 Å². The lowest BCUT2D eigenvalue weighted by Gasteiger charge is -2.07. The molecule has 25 heavy (non-hydrogen) atoms. The number of aromatic nitrogens is 2. The summed E-state index contributed by atoms with van der Waals surface area (Å²) in [5.41, 5.74) is 1.96. The Morgan fingerprint density at radius 3 is 2.80 bits per heavy atom. The Bertz CT molecular complexity index is 1010. The molecule has 0 aliphatic carbocycles. The molecule has 1 N–H and O–H groups in total. The average Bonchev–Trinajstić information content (AvgIpc) is 3.30. The van der Waals surface area contributed by atoms with E-state index in [-0.39, 0.29) is 12.5 Å². The van der Waals surface area contributed by atoms with Gasteiger partial charge in [-0.2, -0.15) is 0 Å². The van der Waals surface area contributed by atoms with Crippen molar-refractivity contribution in [3.8, 4) is 5.75 Å². The normalized spacial score (nSPS) is 10.7. The monoisotopic (exact) mass is 335 g/mol. The highest BCUT2D eigenvalue weighted by Gasteiger charge is 2.17. The number of ether oxygens (including phenoxy) is 1. The number of hydrogen-bond acceptors (Lipinski definition) is 6. The number of hydrogen-bond donors (Lipinski definition) is 1. The smallest absolute Gasteiger partial charge is 0.259 e. The van der Waals surface area contributed by atoms with Crippen molar-refractivity contribution in [3.05, 3.63) is 72.2 Å². The molecule has 2 aromatic heterocycles. The average molecular weight is 335 g/mol. The Morgan fingerprint density at radius 1 is 1.04 bits per heavy atom. The molecule has 7 nitrogen and oxygen atoms in total. The molecule has 0 atom stereocenters. The van der Waals surface area contributed by atoms with Gasteiger partial charge in [0.15, 0.2) is 11.3 Å². The zero-order chi connectivity index (χ0) is 17.1. The standard InChI is InChI=1S/C18H13N3O4/c22-18(19-14-7-4-8-15-17(14)21-25-20-15)13-9-10-23-16(13)11-24-12-5-2-1-3-6-12/h1-10H,11H2,(H,19,22). The summed E-state index contributed by atoms with van der Waals surface area (Å²) in [6, 6.07) is 16.1. The van der Waals surface area contributed by atoms with Crippen molar-refractivity contribution < 1.29 is 18.6 Å². The van der Waals surface area contributed by atoms with E-state index in [1.165, 1.54) is 6.26 Å². The number of fused-ring (bicyclic) bond motifs is 1. The van der Waals surface area contributed by atoms with Gasteiger partial charge in [-0.05, 0) is 40.6 Å². The van der Waals surface area contributed by atoms with Gasteiger partial charge < -0.3 is 14.5 Å². The lowest BCUT2D eigenvalue weighted by molar-refractivity contribution is 0.102. The van der Waals surface area contributed by atoms with E-state index in [1.807, 2.05) is 30.3 Å². The van der Waals surface area contributed by atoms with Crippen molar-refractivity contribution in [2.75, 3.05) is 5.32 Å². The fourth-order valence-corrected chi connectivity index (χ4v) is 2.42. The molecule has 0 aliphatic rings. The zero-order valence-electron chi connectivity index (χ0n) is 13.0. The minimum atomic E-state index is -0.323. The van der Waals surface area contributed by atoms with Crippen LogP contribution in [0.2, 0.25) is 0 Å². The minimum absolute atomic E-state index is 0.148. The first-order valence-electron chi connectivity index (χ1n) is 7.58. The quantitative estimate of drug-likeness (QED) is 0.599. The largest absolute Gasteiger partial charge is 0.486 e. The SMILES string of the molecule is O=C(Nc1cccc2nonc12)c1ccoc1COc1ccccc1. The third-order valence-corrected chi connectivity index (χ3v) is 3.64. The van der Waals surface area contributed by atoms with Crippen LogP contribution in [0.4, 0.5) is 5.69 Å². The Hall–Kier alpha value is -3.61. The van der Waals surface area contributed by atoms with Gasteiger partial charge in [0.2, 0.25) is 0 Å². The van der Waals surface area contributed by atoms with Crippen molar-refractivity contribution in [3.63, 3.8) is 0 Å². The summed E-state index contributed by atoms with van der Waals surface area (Å²) in [5.74, 6) is 0.811. The molecule has 4 rings (SSSR count). The number of amides is 1. The second-order valence-corrected chi connectivity index (χ2v) is 5.25. The molecule has 0 aliphatic heterocycles. The number of carbonyl (C=O) groups is 1. The fourth-order valence-electron chi connectivity index (χ4n) is 2.42. The summed E-state index contributed by atoms with van der Waals surface area (Å²) in [6.07, 6.45) is 1.46. The summed E-state index contributed by atoms with van der Waals surface area (Å²) in [5, 5.41) is 10.4. The van der Waals surface area contributed by atoms with Crippen LogP contribution in [0.5, 0.6) is 5.75 Å².